The van der Waals surface area contributed by atoms with Crippen molar-refractivity contribution in [1.82, 2.24) is 4.90 Å². The lowest BCUT2D eigenvalue weighted by Crippen LogP contribution is -2.43. The van der Waals surface area contributed by atoms with E-state index < -0.39 is 0 Å². The lowest BCUT2D eigenvalue weighted by molar-refractivity contribution is 0.131. The van der Waals surface area contributed by atoms with Crippen LogP contribution in [0, 0.1) is 0 Å². The summed E-state index contributed by atoms with van der Waals surface area (Å²) in [6, 6.07) is 0. The summed E-state index contributed by atoms with van der Waals surface area (Å²) < 4.78 is 5.45. The number of allylic oxidation sites excluding steroid dienone is 1. The fraction of sp³-hybridized carbons (Fsp3) is 0.727. The van der Waals surface area contributed by atoms with E-state index in [1.165, 1.54) is 0 Å². The van der Waals surface area contributed by atoms with Gasteiger partial charge in [-0.05, 0) is 18.9 Å². The van der Waals surface area contributed by atoms with Gasteiger partial charge in [-0.2, -0.15) is 11.8 Å². The van der Waals surface area contributed by atoms with Crippen molar-refractivity contribution in [3.63, 3.8) is 0 Å². The van der Waals surface area contributed by atoms with E-state index >= 15 is 0 Å². The van der Waals surface area contributed by atoms with Gasteiger partial charge in [0.05, 0.1) is 12.8 Å². The molecule has 0 bridgehead atoms. The summed E-state index contributed by atoms with van der Waals surface area (Å²) in [5.41, 5.74) is 5.96. The molecule has 0 saturated carbocycles. The normalized spacial score (nSPS) is 25.1. The molecule has 2 heterocycles. The van der Waals surface area contributed by atoms with Crippen molar-refractivity contribution < 1.29 is 4.74 Å². The number of rotatable bonds is 2. The summed E-state index contributed by atoms with van der Waals surface area (Å²) in [5.74, 6) is 2.98. The van der Waals surface area contributed by atoms with E-state index in [0.29, 0.717) is 12.5 Å². The lowest BCUT2D eigenvalue weighted by Gasteiger charge is -2.27. The Hall–Kier alpha value is -0.110. The van der Waals surface area contributed by atoms with Gasteiger partial charge >= 0.3 is 0 Å². The van der Waals surface area contributed by atoms with E-state index in [0.717, 1.165) is 37.4 Å². The van der Waals surface area contributed by atoms with Crippen molar-refractivity contribution in [3.8, 4) is 0 Å². The molecular formula is C11H20IN3OS. The number of hydrogen-bond donors (Lipinski definition) is 1. The second-order valence-corrected chi connectivity index (χ2v) is 5.23. The van der Waals surface area contributed by atoms with E-state index in [1.807, 2.05) is 17.8 Å². The van der Waals surface area contributed by atoms with Crippen LogP contribution in [0.4, 0.5) is 0 Å². The van der Waals surface area contributed by atoms with E-state index in [9.17, 15) is 0 Å². The van der Waals surface area contributed by atoms with Crippen molar-refractivity contribution in [2.75, 3.05) is 31.1 Å². The Morgan fingerprint density at radius 1 is 1.47 bits per heavy atom. The average molecular weight is 369 g/mol. The highest BCUT2D eigenvalue weighted by molar-refractivity contribution is 14.0. The topological polar surface area (TPSA) is 50.9 Å². The number of ether oxygens (including phenoxy) is 1. The Balaban J connectivity index is 0.00000144. The summed E-state index contributed by atoms with van der Waals surface area (Å²) >= 11 is 1.98. The zero-order valence-corrected chi connectivity index (χ0v) is 13.0. The van der Waals surface area contributed by atoms with Gasteiger partial charge in [0.2, 0.25) is 0 Å². The van der Waals surface area contributed by atoms with Gasteiger partial charge in [-0.25, -0.2) is 4.99 Å². The molecular weight excluding hydrogens is 349 g/mol. The quantitative estimate of drug-likeness (QED) is 0.457. The number of thioether (sulfide) groups is 1. The van der Waals surface area contributed by atoms with Crippen LogP contribution in [0.2, 0.25) is 0 Å². The first-order chi connectivity index (χ1) is 7.86. The predicted molar refractivity (Wildman–Crippen MR) is 84.0 cm³/mol. The van der Waals surface area contributed by atoms with Crippen LogP contribution >= 0.6 is 35.7 Å². The zero-order chi connectivity index (χ0) is 11.2. The fourth-order valence-electron chi connectivity index (χ4n) is 1.81. The van der Waals surface area contributed by atoms with Crippen molar-refractivity contribution in [3.05, 3.63) is 12.3 Å². The minimum absolute atomic E-state index is 0. The minimum Gasteiger partial charge on any atom is -0.496 e. The first-order valence-corrected chi connectivity index (χ1v) is 6.95. The number of halogens is 1. The molecule has 1 saturated heterocycles. The van der Waals surface area contributed by atoms with Crippen LogP contribution in [0.25, 0.3) is 0 Å². The summed E-state index contributed by atoms with van der Waals surface area (Å²) in [6.07, 6.45) is 6.16. The first-order valence-electron chi connectivity index (χ1n) is 5.79. The van der Waals surface area contributed by atoms with Crippen LogP contribution in [-0.2, 0) is 4.74 Å². The standard InChI is InChI=1S/C11H19N3OS.HI/c12-11(14-4-7-16-8-5-14)13-9-10-3-1-2-6-15-10;/h2,6,10H,1,3-5,7-9H2,(H2,12,13);1H. The highest BCUT2D eigenvalue weighted by Gasteiger charge is 2.14. The molecule has 2 N–H and O–H groups in total. The SMILES string of the molecule is I.NC(=NCC1CCC=CO1)N1CCSCC1. The number of nitrogens with two attached hydrogens (primary N) is 1. The van der Waals surface area contributed by atoms with Crippen LogP contribution in [0.3, 0.4) is 0 Å². The zero-order valence-electron chi connectivity index (χ0n) is 9.88. The fourth-order valence-corrected chi connectivity index (χ4v) is 2.71. The van der Waals surface area contributed by atoms with Crippen LogP contribution in [-0.4, -0.2) is 48.1 Å². The maximum absolute atomic E-state index is 5.96. The average Bonchev–Trinajstić information content (AvgIpc) is 2.38. The molecule has 4 nitrogen and oxygen atoms in total. The highest BCUT2D eigenvalue weighted by Crippen LogP contribution is 2.11. The molecule has 2 aliphatic rings. The van der Waals surface area contributed by atoms with E-state index in [4.69, 9.17) is 10.5 Å². The molecule has 1 atom stereocenters. The molecule has 0 spiro atoms. The smallest absolute Gasteiger partial charge is 0.191 e. The van der Waals surface area contributed by atoms with E-state index in [1.54, 1.807) is 6.26 Å². The van der Waals surface area contributed by atoms with Crippen LogP contribution < -0.4 is 5.73 Å². The van der Waals surface area contributed by atoms with Gasteiger partial charge in [0.15, 0.2) is 5.96 Å². The lowest BCUT2D eigenvalue weighted by atomic mass is 10.2. The molecule has 1 fully saturated rings. The van der Waals surface area contributed by atoms with Gasteiger partial charge in [-0.1, -0.05) is 0 Å². The van der Waals surface area contributed by atoms with Gasteiger partial charge in [-0.15, -0.1) is 24.0 Å². The monoisotopic (exact) mass is 369 g/mol. The molecule has 17 heavy (non-hydrogen) atoms. The van der Waals surface area contributed by atoms with Gasteiger partial charge in [0, 0.05) is 24.6 Å². The van der Waals surface area contributed by atoms with E-state index in [2.05, 4.69) is 9.89 Å². The van der Waals surface area contributed by atoms with Crippen molar-refractivity contribution in [2.24, 2.45) is 10.7 Å². The number of guanidine groups is 1. The largest absolute Gasteiger partial charge is 0.496 e. The molecule has 98 valence electrons. The minimum atomic E-state index is 0. The molecule has 0 aromatic carbocycles. The van der Waals surface area contributed by atoms with Crippen molar-refractivity contribution >= 4 is 41.7 Å². The van der Waals surface area contributed by atoms with Crippen LogP contribution in [0.15, 0.2) is 17.3 Å². The molecule has 1 unspecified atom stereocenters. The molecule has 0 amide bonds. The maximum atomic E-state index is 5.96. The Labute approximate surface area is 124 Å². The van der Waals surface area contributed by atoms with Crippen LogP contribution in [0.5, 0.6) is 0 Å². The molecule has 0 aromatic heterocycles. The van der Waals surface area contributed by atoms with Crippen molar-refractivity contribution in [1.29, 1.82) is 0 Å². The van der Waals surface area contributed by atoms with Gasteiger partial charge in [-0.3, -0.25) is 0 Å². The Morgan fingerprint density at radius 2 is 2.24 bits per heavy atom. The summed E-state index contributed by atoms with van der Waals surface area (Å²) in [7, 11) is 0. The molecule has 2 rings (SSSR count). The number of aliphatic imine (C=N–C) groups is 1. The molecule has 6 heteroatoms. The van der Waals surface area contributed by atoms with Gasteiger partial charge in [0.25, 0.3) is 0 Å². The predicted octanol–water partition coefficient (Wildman–Crippen LogP) is 1.66. The Kier molecular flexibility index (Phi) is 7.10. The summed E-state index contributed by atoms with van der Waals surface area (Å²) in [5, 5.41) is 0. The summed E-state index contributed by atoms with van der Waals surface area (Å²) in [6.45, 7) is 2.72. The maximum Gasteiger partial charge on any atom is 0.191 e. The first kappa shape index (κ1) is 14.9. The van der Waals surface area contributed by atoms with Crippen molar-refractivity contribution in [2.45, 2.75) is 18.9 Å². The third-order valence-electron chi connectivity index (χ3n) is 2.81. The summed E-state index contributed by atoms with van der Waals surface area (Å²) in [4.78, 5) is 6.59. The Bertz CT molecular complexity index is 280. The number of hydrogen-bond acceptors (Lipinski definition) is 3. The second-order valence-electron chi connectivity index (χ2n) is 4.01. The van der Waals surface area contributed by atoms with E-state index in [-0.39, 0.29) is 30.1 Å². The molecule has 0 aliphatic carbocycles. The molecule has 0 radical (unpaired) electrons. The van der Waals surface area contributed by atoms with Crippen LogP contribution in [0.1, 0.15) is 12.8 Å². The second kappa shape index (κ2) is 8.07. The van der Waals surface area contributed by atoms with Gasteiger partial charge in [0.1, 0.15) is 6.10 Å². The number of nitrogens with zero attached hydrogens (tertiary/aromatic N) is 2. The molecule has 2 aliphatic heterocycles. The third-order valence-corrected chi connectivity index (χ3v) is 3.76. The Morgan fingerprint density at radius 3 is 2.88 bits per heavy atom. The highest BCUT2D eigenvalue weighted by atomic mass is 127. The third kappa shape index (κ3) is 4.95. The van der Waals surface area contributed by atoms with Gasteiger partial charge < -0.3 is 15.4 Å². The molecule has 0 aromatic rings.